The molecule has 2 aliphatic rings. The van der Waals surface area contributed by atoms with Crippen molar-refractivity contribution in [3.63, 3.8) is 0 Å². The summed E-state index contributed by atoms with van der Waals surface area (Å²) < 4.78 is 5.90. The Morgan fingerprint density at radius 3 is 2.35 bits per heavy atom. The van der Waals surface area contributed by atoms with E-state index in [1.807, 2.05) is 0 Å². The summed E-state index contributed by atoms with van der Waals surface area (Å²) in [7, 11) is 2.23. The predicted molar refractivity (Wildman–Crippen MR) is 86.4 cm³/mol. The highest BCUT2D eigenvalue weighted by molar-refractivity contribution is 6.30. The summed E-state index contributed by atoms with van der Waals surface area (Å²) in [6.45, 7) is 7.49. The lowest BCUT2D eigenvalue weighted by Crippen LogP contribution is -3.13. The van der Waals surface area contributed by atoms with Crippen molar-refractivity contribution in [1.29, 1.82) is 0 Å². The SMILES string of the molecule is CCN1CC2C[NH+](C)CC(C1)C2OC(=O)c1ccc(Cl)cc1.[Cl-]. The standard InChI is InChI=1S/C17H23ClN2O2.ClH/c1-3-20-10-13-8-19(2)9-14(11-20)16(13)22-17(21)12-4-6-15(18)7-5-12;/h4-7,13-14,16H,3,8-11H2,1-2H3;1H. The maximum Gasteiger partial charge on any atom is 0.338 e. The van der Waals surface area contributed by atoms with Gasteiger partial charge in [-0.2, -0.15) is 0 Å². The Hall–Kier alpha value is -0.810. The van der Waals surface area contributed by atoms with Crippen molar-refractivity contribution < 1.29 is 26.8 Å². The molecule has 0 aromatic heterocycles. The van der Waals surface area contributed by atoms with E-state index in [1.54, 1.807) is 29.2 Å². The minimum absolute atomic E-state index is 0. The molecule has 1 N–H and O–H groups in total. The summed E-state index contributed by atoms with van der Waals surface area (Å²) in [4.78, 5) is 16.4. The molecule has 23 heavy (non-hydrogen) atoms. The van der Waals surface area contributed by atoms with Crippen molar-refractivity contribution in [2.24, 2.45) is 11.8 Å². The molecule has 1 aromatic carbocycles. The zero-order valence-corrected chi connectivity index (χ0v) is 15.1. The van der Waals surface area contributed by atoms with Crippen molar-refractivity contribution in [2.75, 3.05) is 39.8 Å². The molecule has 2 unspecified atom stereocenters. The van der Waals surface area contributed by atoms with Crippen molar-refractivity contribution in [3.05, 3.63) is 34.9 Å². The smallest absolute Gasteiger partial charge is 0.338 e. The number of rotatable bonds is 3. The molecule has 2 bridgehead atoms. The van der Waals surface area contributed by atoms with E-state index in [2.05, 4.69) is 18.9 Å². The van der Waals surface area contributed by atoms with Crippen molar-refractivity contribution in [3.8, 4) is 0 Å². The number of nitrogens with one attached hydrogen (secondary N) is 1. The first-order chi connectivity index (χ1) is 10.6. The van der Waals surface area contributed by atoms with Gasteiger partial charge in [0.15, 0.2) is 0 Å². The first-order valence-corrected chi connectivity index (χ1v) is 8.44. The third-order valence-corrected chi connectivity index (χ3v) is 5.16. The van der Waals surface area contributed by atoms with Crippen molar-refractivity contribution in [1.82, 2.24) is 4.90 Å². The summed E-state index contributed by atoms with van der Waals surface area (Å²) in [5, 5.41) is 0.634. The molecule has 2 heterocycles. The van der Waals surface area contributed by atoms with Crippen LogP contribution in [0.25, 0.3) is 0 Å². The Labute approximate surface area is 149 Å². The van der Waals surface area contributed by atoms with Crippen molar-refractivity contribution in [2.45, 2.75) is 13.0 Å². The fourth-order valence-electron chi connectivity index (χ4n) is 3.90. The number of halogens is 2. The molecule has 1 aromatic rings. The van der Waals surface area contributed by atoms with Gasteiger partial charge in [0, 0.05) is 18.1 Å². The average Bonchev–Trinajstić information content (AvgIpc) is 2.48. The highest BCUT2D eigenvalue weighted by Crippen LogP contribution is 2.27. The second-order valence-corrected chi connectivity index (χ2v) is 7.05. The van der Waals surface area contributed by atoms with E-state index < -0.39 is 0 Å². The largest absolute Gasteiger partial charge is 1.00 e. The van der Waals surface area contributed by atoms with E-state index >= 15 is 0 Å². The molecule has 6 heteroatoms. The topological polar surface area (TPSA) is 34.0 Å². The fourth-order valence-corrected chi connectivity index (χ4v) is 4.02. The molecule has 2 aliphatic heterocycles. The zero-order chi connectivity index (χ0) is 15.7. The molecule has 0 aliphatic carbocycles. The summed E-state index contributed by atoms with van der Waals surface area (Å²) in [6, 6.07) is 6.94. The predicted octanol–water partition coefficient (Wildman–Crippen LogP) is -2.03. The van der Waals surface area contributed by atoms with Crippen LogP contribution in [-0.2, 0) is 4.74 Å². The summed E-state index contributed by atoms with van der Waals surface area (Å²) in [6.07, 6.45) is 0.0506. The number of ether oxygens (including phenoxy) is 1. The van der Waals surface area contributed by atoms with E-state index in [4.69, 9.17) is 16.3 Å². The Bertz CT molecular complexity index is 522. The maximum atomic E-state index is 12.4. The minimum atomic E-state index is -0.221. The zero-order valence-electron chi connectivity index (χ0n) is 13.6. The lowest BCUT2D eigenvalue weighted by atomic mass is 9.81. The number of quaternary nitrogens is 1. The number of likely N-dealkylation sites (tertiary alicyclic amines) is 2. The van der Waals surface area contributed by atoms with Crippen LogP contribution in [0, 0.1) is 11.8 Å². The molecule has 0 saturated carbocycles. The summed E-state index contributed by atoms with van der Waals surface area (Å²) in [5.41, 5.74) is 0.584. The van der Waals surface area contributed by atoms with Gasteiger partial charge in [0.1, 0.15) is 6.10 Å². The molecule has 0 radical (unpaired) electrons. The van der Waals surface area contributed by atoms with Crippen LogP contribution < -0.4 is 17.3 Å². The first-order valence-electron chi connectivity index (χ1n) is 8.07. The molecular weight excluding hydrogens is 335 g/mol. The van der Waals surface area contributed by atoms with Crippen LogP contribution >= 0.6 is 11.6 Å². The third kappa shape index (κ3) is 4.18. The van der Waals surface area contributed by atoms with Crippen LogP contribution in [0.1, 0.15) is 17.3 Å². The quantitative estimate of drug-likeness (QED) is 0.632. The minimum Gasteiger partial charge on any atom is -1.00 e. The lowest BCUT2D eigenvalue weighted by molar-refractivity contribution is -0.895. The van der Waals surface area contributed by atoms with Crippen LogP contribution in [-0.4, -0.2) is 56.7 Å². The van der Waals surface area contributed by atoms with E-state index in [0.717, 1.165) is 32.7 Å². The van der Waals surface area contributed by atoms with Gasteiger partial charge in [-0.05, 0) is 30.8 Å². The molecular formula is C17H24Cl2N2O2. The van der Waals surface area contributed by atoms with E-state index in [-0.39, 0.29) is 24.5 Å². The van der Waals surface area contributed by atoms with Gasteiger partial charge in [-0.25, -0.2) is 4.79 Å². The number of hydrogen-bond acceptors (Lipinski definition) is 3. The summed E-state index contributed by atoms with van der Waals surface area (Å²) >= 11 is 5.87. The lowest BCUT2D eigenvalue weighted by Gasteiger charge is -2.47. The van der Waals surface area contributed by atoms with Crippen LogP contribution in [0.2, 0.25) is 5.02 Å². The molecule has 128 valence electrons. The van der Waals surface area contributed by atoms with Gasteiger partial charge in [0.05, 0.1) is 37.5 Å². The van der Waals surface area contributed by atoms with Gasteiger partial charge in [0.25, 0.3) is 0 Å². The highest BCUT2D eigenvalue weighted by Gasteiger charge is 2.45. The van der Waals surface area contributed by atoms with Gasteiger partial charge in [0.2, 0.25) is 0 Å². The molecule has 0 spiro atoms. The van der Waals surface area contributed by atoms with Crippen molar-refractivity contribution >= 4 is 17.6 Å². The molecule has 4 nitrogen and oxygen atoms in total. The van der Waals surface area contributed by atoms with Crippen LogP contribution in [0.15, 0.2) is 24.3 Å². The molecule has 2 saturated heterocycles. The van der Waals surface area contributed by atoms with Gasteiger partial charge in [-0.1, -0.05) is 18.5 Å². The van der Waals surface area contributed by atoms with Gasteiger partial charge < -0.3 is 26.9 Å². The summed E-state index contributed by atoms with van der Waals surface area (Å²) in [5.74, 6) is 0.647. The number of carbonyl (C=O) groups excluding carboxylic acids is 1. The van der Waals surface area contributed by atoms with Crippen LogP contribution in [0.3, 0.4) is 0 Å². The normalized spacial score (nSPS) is 30.4. The maximum absolute atomic E-state index is 12.4. The molecule has 3 rings (SSSR count). The molecule has 2 atom stereocenters. The second-order valence-electron chi connectivity index (χ2n) is 6.61. The number of hydrogen-bond donors (Lipinski definition) is 1. The number of nitrogens with zero attached hydrogens (tertiary/aromatic N) is 1. The Kier molecular flexibility index (Phi) is 6.32. The first kappa shape index (κ1) is 18.5. The molecule has 2 fully saturated rings. The Morgan fingerprint density at radius 2 is 1.83 bits per heavy atom. The fraction of sp³-hybridized carbons (Fsp3) is 0.588. The molecule has 0 amide bonds. The Balaban J connectivity index is 0.00000192. The average molecular weight is 359 g/mol. The highest BCUT2D eigenvalue weighted by atomic mass is 35.5. The number of carbonyl (C=O) groups is 1. The second kappa shape index (κ2) is 7.84. The monoisotopic (exact) mass is 358 g/mol. The van der Waals surface area contributed by atoms with E-state index in [0.29, 0.717) is 22.4 Å². The number of esters is 1. The van der Waals surface area contributed by atoms with E-state index in [9.17, 15) is 4.79 Å². The third-order valence-electron chi connectivity index (χ3n) is 4.91. The van der Waals surface area contributed by atoms with Gasteiger partial charge in [-0.3, -0.25) is 0 Å². The number of fused-ring (bicyclic) bond motifs is 2. The number of piperidine rings is 2. The van der Waals surface area contributed by atoms with Gasteiger partial charge in [-0.15, -0.1) is 0 Å². The van der Waals surface area contributed by atoms with Gasteiger partial charge >= 0.3 is 5.97 Å². The van der Waals surface area contributed by atoms with Crippen LogP contribution in [0.4, 0.5) is 0 Å². The van der Waals surface area contributed by atoms with Crippen LogP contribution in [0.5, 0.6) is 0 Å². The van der Waals surface area contributed by atoms with E-state index in [1.165, 1.54) is 0 Å². The Morgan fingerprint density at radius 1 is 1.26 bits per heavy atom. The number of benzene rings is 1.